The van der Waals surface area contributed by atoms with E-state index < -0.39 is 0 Å². The van der Waals surface area contributed by atoms with Crippen LogP contribution in [-0.2, 0) is 16.0 Å². The van der Waals surface area contributed by atoms with E-state index in [4.69, 9.17) is 9.47 Å². The van der Waals surface area contributed by atoms with E-state index in [1.165, 1.54) is 7.11 Å². The van der Waals surface area contributed by atoms with Gasteiger partial charge in [-0.2, -0.15) is 0 Å². The lowest BCUT2D eigenvalue weighted by Crippen LogP contribution is -2.16. The lowest BCUT2D eigenvalue weighted by atomic mass is 9.97. The number of hydrogen-bond acceptors (Lipinski definition) is 5. The van der Waals surface area contributed by atoms with E-state index in [-0.39, 0.29) is 24.9 Å². The van der Waals surface area contributed by atoms with Crippen LogP contribution in [0.25, 0.3) is 0 Å². The monoisotopic (exact) mass is 268 g/mol. The minimum absolute atomic E-state index is 0.0660. The fourth-order valence-electron chi connectivity index (χ4n) is 1.86. The number of esters is 1. The number of methoxy groups -OCH3 is 3. The van der Waals surface area contributed by atoms with Gasteiger partial charge in [-0.05, 0) is 30.0 Å². The van der Waals surface area contributed by atoms with Crippen LogP contribution < -0.4 is 9.47 Å². The second-order valence-corrected chi connectivity index (χ2v) is 4.22. The molecular weight excluding hydrogens is 248 g/mol. The molecule has 5 heteroatoms. The summed E-state index contributed by atoms with van der Waals surface area (Å²) in [5.74, 6) is 0.805. The third kappa shape index (κ3) is 4.44. The molecular formula is C14H20O5. The summed E-state index contributed by atoms with van der Waals surface area (Å²) in [6.07, 6.45) is 0.771. The maximum absolute atomic E-state index is 11.2. The minimum atomic E-state index is -0.320. The molecule has 0 spiro atoms. The zero-order chi connectivity index (χ0) is 14.3. The molecule has 19 heavy (non-hydrogen) atoms. The van der Waals surface area contributed by atoms with E-state index in [9.17, 15) is 9.90 Å². The standard InChI is InChI=1S/C14H20O5/c1-17-12-5-4-10(7-13(12)18-2)6-11(9-15)8-14(16)19-3/h4-5,7,11,15H,6,8-9H2,1-3H3. The summed E-state index contributed by atoms with van der Waals surface area (Å²) >= 11 is 0. The van der Waals surface area contributed by atoms with Gasteiger partial charge in [0.2, 0.25) is 0 Å². The summed E-state index contributed by atoms with van der Waals surface area (Å²) in [7, 11) is 4.48. The van der Waals surface area contributed by atoms with Crippen molar-refractivity contribution >= 4 is 5.97 Å². The fourth-order valence-corrected chi connectivity index (χ4v) is 1.86. The van der Waals surface area contributed by atoms with Gasteiger partial charge in [-0.15, -0.1) is 0 Å². The van der Waals surface area contributed by atoms with Gasteiger partial charge in [0.15, 0.2) is 11.5 Å². The summed E-state index contributed by atoms with van der Waals surface area (Å²) in [4.78, 5) is 11.2. The molecule has 1 aromatic carbocycles. The van der Waals surface area contributed by atoms with E-state index in [1.807, 2.05) is 12.1 Å². The lowest BCUT2D eigenvalue weighted by Gasteiger charge is -2.14. The molecule has 1 aromatic rings. The van der Waals surface area contributed by atoms with Gasteiger partial charge in [0.05, 0.1) is 27.8 Å². The van der Waals surface area contributed by atoms with Gasteiger partial charge in [-0.25, -0.2) is 0 Å². The van der Waals surface area contributed by atoms with Gasteiger partial charge in [0.1, 0.15) is 0 Å². The second kappa shape index (κ2) is 7.63. The van der Waals surface area contributed by atoms with Crippen LogP contribution in [0.2, 0.25) is 0 Å². The van der Waals surface area contributed by atoms with Crippen LogP contribution in [0.3, 0.4) is 0 Å². The highest BCUT2D eigenvalue weighted by Gasteiger charge is 2.15. The molecule has 0 aliphatic heterocycles. The number of ether oxygens (including phenoxy) is 3. The maximum Gasteiger partial charge on any atom is 0.305 e. The first-order valence-electron chi connectivity index (χ1n) is 6.03. The van der Waals surface area contributed by atoms with E-state index >= 15 is 0 Å². The number of aliphatic hydroxyl groups excluding tert-OH is 1. The molecule has 0 heterocycles. The summed E-state index contributed by atoms with van der Waals surface area (Å²) in [5, 5.41) is 9.30. The maximum atomic E-state index is 11.2. The zero-order valence-corrected chi connectivity index (χ0v) is 11.5. The molecule has 0 saturated heterocycles. The topological polar surface area (TPSA) is 65.0 Å². The molecule has 1 N–H and O–H groups in total. The Hall–Kier alpha value is -1.75. The van der Waals surface area contributed by atoms with Crippen LogP contribution in [0.15, 0.2) is 18.2 Å². The van der Waals surface area contributed by atoms with Crippen molar-refractivity contribution in [2.45, 2.75) is 12.8 Å². The number of aliphatic hydroxyl groups is 1. The van der Waals surface area contributed by atoms with Crippen molar-refractivity contribution in [2.24, 2.45) is 5.92 Å². The molecule has 0 aliphatic rings. The Morgan fingerprint density at radius 1 is 1.21 bits per heavy atom. The SMILES string of the molecule is COC(=O)CC(CO)Cc1ccc(OC)c(OC)c1. The molecule has 0 bridgehead atoms. The normalized spacial score (nSPS) is 11.8. The Morgan fingerprint density at radius 2 is 1.89 bits per heavy atom. The van der Waals surface area contributed by atoms with E-state index in [1.54, 1.807) is 20.3 Å². The summed E-state index contributed by atoms with van der Waals surface area (Å²) in [5.41, 5.74) is 0.973. The van der Waals surface area contributed by atoms with Crippen molar-refractivity contribution in [2.75, 3.05) is 27.9 Å². The number of carbonyl (C=O) groups excluding carboxylic acids is 1. The molecule has 0 aromatic heterocycles. The summed E-state index contributed by atoms with van der Waals surface area (Å²) in [6, 6.07) is 5.54. The first-order chi connectivity index (χ1) is 9.14. The molecule has 1 unspecified atom stereocenters. The number of hydrogen-bond donors (Lipinski definition) is 1. The first-order valence-corrected chi connectivity index (χ1v) is 6.03. The average molecular weight is 268 g/mol. The Labute approximate surface area is 113 Å². The zero-order valence-electron chi connectivity index (χ0n) is 11.5. The van der Waals surface area contributed by atoms with Gasteiger partial charge in [-0.1, -0.05) is 6.07 Å². The van der Waals surface area contributed by atoms with Gasteiger partial charge in [-0.3, -0.25) is 4.79 Å². The quantitative estimate of drug-likeness (QED) is 0.758. The third-order valence-corrected chi connectivity index (χ3v) is 2.91. The van der Waals surface area contributed by atoms with Crippen molar-refractivity contribution in [1.29, 1.82) is 0 Å². The van der Waals surface area contributed by atoms with E-state index in [0.29, 0.717) is 17.9 Å². The fraction of sp³-hybridized carbons (Fsp3) is 0.500. The van der Waals surface area contributed by atoms with Crippen LogP contribution in [-0.4, -0.2) is 39.0 Å². The predicted octanol–water partition coefficient (Wildman–Crippen LogP) is 1.42. The first kappa shape index (κ1) is 15.3. The molecule has 0 aliphatic carbocycles. The number of rotatable bonds is 7. The van der Waals surface area contributed by atoms with Crippen molar-refractivity contribution in [3.63, 3.8) is 0 Å². The van der Waals surface area contributed by atoms with Gasteiger partial charge < -0.3 is 19.3 Å². The highest BCUT2D eigenvalue weighted by atomic mass is 16.5. The molecule has 0 amide bonds. The lowest BCUT2D eigenvalue weighted by molar-refractivity contribution is -0.142. The van der Waals surface area contributed by atoms with Crippen molar-refractivity contribution in [3.05, 3.63) is 23.8 Å². The molecule has 0 saturated carbocycles. The van der Waals surface area contributed by atoms with E-state index in [0.717, 1.165) is 5.56 Å². The molecule has 1 rings (SSSR count). The molecule has 5 nitrogen and oxygen atoms in total. The van der Waals surface area contributed by atoms with E-state index in [2.05, 4.69) is 4.74 Å². The van der Waals surface area contributed by atoms with Crippen LogP contribution >= 0.6 is 0 Å². The summed E-state index contributed by atoms with van der Waals surface area (Å²) in [6.45, 7) is -0.0660. The smallest absolute Gasteiger partial charge is 0.305 e. The molecule has 0 fully saturated rings. The molecule has 0 radical (unpaired) electrons. The Balaban J connectivity index is 2.77. The van der Waals surface area contributed by atoms with Gasteiger partial charge in [0, 0.05) is 6.61 Å². The summed E-state index contributed by atoms with van der Waals surface area (Å²) < 4.78 is 15.0. The van der Waals surface area contributed by atoms with Crippen LogP contribution in [0.1, 0.15) is 12.0 Å². The Kier molecular flexibility index (Phi) is 6.15. The largest absolute Gasteiger partial charge is 0.493 e. The highest BCUT2D eigenvalue weighted by Crippen LogP contribution is 2.28. The van der Waals surface area contributed by atoms with Crippen molar-refractivity contribution in [1.82, 2.24) is 0 Å². The van der Waals surface area contributed by atoms with Crippen molar-refractivity contribution in [3.8, 4) is 11.5 Å². The van der Waals surface area contributed by atoms with Gasteiger partial charge >= 0.3 is 5.97 Å². The third-order valence-electron chi connectivity index (χ3n) is 2.91. The number of carbonyl (C=O) groups is 1. The predicted molar refractivity (Wildman–Crippen MR) is 70.5 cm³/mol. The second-order valence-electron chi connectivity index (χ2n) is 4.22. The van der Waals surface area contributed by atoms with Gasteiger partial charge in [0.25, 0.3) is 0 Å². The van der Waals surface area contributed by atoms with Crippen LogP contribution in [0.5, 0.6) is 11.5 Å². The molecule has 106 valence electrons. The molecule has 1 atom stereocenters. The number of benzene rings is 1. The van der Waals surface area contributed by atoms with Crippen molar-refractivity contribution < 1.29 is 24.1 Å². The Morgan fingerprint density at radius 3 is 2.42 bits per heavy atom. The average Bonchev–Trinajstić information content (AvgIpc) is 2.45. The highest BCUT2D eigenvalue weighted by molar-refractivity contribution is 5.69. The van der Waals surface area contributed by atoms with Crippen LogP contribution in [0.4, 0.5) is 0 Å². The van der Waals surface area contributed by atoms with Crippen LogP contribution in [0, 0.1) is 5.92 Å². The Bertz CT molecular complexity index is 416. The minimum Gasteiger partial charge on any atom is -0.493 e.